The molecule has 1 saturated heterocycles. The van der Waals surface area contributed by atoms with Crippen LogP contribution in [-0.2, 0) is 11.2 Å². The van der Waals surface area contributed by atoms with Crippen molar-refractivity contribution in [1.29, 1.82) is 0 Å². The Balaban J connectivity index is 1.50. The SMILES string of the molecule is CCNC(=NCCc1cnn(-c2ccccc2)c1)N(C)CCC1CCOCC1. The standard InChI is InChI=1S/C22H33N5O/c1-3-23-22(26(2)14-10-19-11-15-28-16-12-19)24-13-9-20-17-25-27(18-20)21-7-5-4-6-8-21/h4-8,17-19H,3,9-16H2,1-2H3,(H,23,24). The van der Waals surface area contributed by atoms with E-state index in [1.807, 2.05) is 29.1 Å². The number of nitrogens with one attached hydrogen (secondary N) is 1. The lowest BCUT2D eigenvalue weighted by molar-refractivity contribution is 0.0625. The minimum Gasteiger partial charge on any atom is -0.381 e. The Bertz CT molecular complexity index is 722. The molecule has 0 aliphatic carbocycles. The second kappa shape index (κ2) is 10.9. The number of ether oxygens (including phenoxy) is 1. The highest BCUT2D eigenvalue weighted by molar-refractivity contribution is 5.79. The quantitative estimate of drug-likeness (QED) is 0.562. The van der Waals surface area contributed by atoms with E-state index in [0.717, 1.165) is 56.8 Å². The molecule has 0 bridgehead atoms. The Kier molecular flexibility index (Phi) is 7.91. The minimum atomic E-state index is 0.754. The molecule has 0 amide bonds. The molecule has 2 heterocycles. The van der Waals surface area contributed by atoms with Gasteiger partial charge in [0.15, 0.2) is 5.96 Å². The van der Waals surface area contributed by atoms with E-state index in [9.17, 15) is 0 Å². The van der Waals surface area contributed by atoms with E-state index < -0.39 is 0 Å². The Labute approximate surface area is 168 Å². The van der Waals surface area contributed by atoms with Gasteiger partial charge in [0, 0.05) is 46.1 Å². The van der Waals surface area contributed by atoms with E-state index in [4.69, 9.17) is 9.73 Å². The maximum atomic E-state index is 5.46. The van der Waals surface area contributed by atoms with Crippen LogP contribution < -0.4 is 5.32 Å². The zero-order valence-electron chi connectivity index (χ0n) is 17.2. The van der Waals surface area contributed by atoms with Crippen molar-refractivity contribution in [3.63, 3.8) is 0 Å². The molecule has 2 aromatic rings. The van der Waals surface area contributed by atoms with Gasteiger partial charge in [-0.15, -0.1) is 0 Å². The van der Waals surface area contributed by atoms with Crippen LogP contribution in [0.5, 0.6) is 0 Å². The summed E-state index contributed by atoms with van der Waals surface area (Å²) in [6.07, 6.45) is 8.49. The van der Waals surface area contributed by atoms with Gasteiger partial charge in [-0.05, 0) is 56.2 Å². The topological polar surface area (TPSA) is 54.7 Å². The number of nitrogens with zero attached hydrogens (tertiary/aromatic N) is 4. The molecule has 6 heteroatoms. The molecule has 0 unspecified atom stereocenters. The van der Waals surface area contributed by atoms with Crippen molar-refractivity contribution in [2.24, 2.45) is 10.9 Å². The van der Waals surface area contributed by atoms with E-state index in [2.05, 4.69) is 47.6 Å². The van der Waals surface area contributed by atoms with Gasteiger partial charge >= 0.3 is 0 Å². The molecule has 0 spiro atoms. The summed E-state index contributed by atoms with van der Waals surface area (Å²) in [4.78, 5) is 7.08. The Hall–Kier alpha value is -2.34. The van der Waals surface area contributed by atoms with Gasteiger partial charge in [0.2, 0.25) is 0 Å². The Morgan fingerprint density at radius 1 is 1.29 bits per heavy atom. The maximum Gasteiger partial charge on any atom is 0.193 e. The van der Waals surface area contributed by atoms with E-state index in [0.29, 0.717) is 0 Å². The van der Waals surface area contributed by atoms with Crippen molar-refractivity contribution in [2.45, 2.75) is 32.6 Å². The molecule has 152 valence electrons. The third-order valence-electron chi connectivity index (χ3n) is 5.23. The van der Waals surface area contributed by atoms with Crippen molar-refractivity contribution < 1.29 is 4.74 Å². The second-order valence-electron chi connectivity index (χ2n) is 7.38. The molecule has 1 aliphatic heterocycles. The van der Waals surface area contributed by atoms with Crippen LogP contribution >= 0.6 is 0 Å². The lowest BCUT2D eigenvalue weighted by atomic mass is 9.96. The summed E-state index contributed by atoms with van der Waals surface area (Å²) in [5.41, 5.74) is 2.28. The van der Waals surface area contributed by atoms with Crippen molar-refractivity contribution >= 4 is 5.96 Å². The van der Waals surface area contributed by atoms with E-state index in [1.165, 1.54) is 24.8 Å². The van der Waals surface area contributed by atoms with Crippen LogP contribution in [0.1, 0.15) is 31.7 Å². The molecule has 1 aromatic carbocycles. The fraction of sp³-hybridized carbons (Fsp3) is 0.545. The lowest BCUT2D eigenvalue weighted by Crippen LogP contribution is -2.40. The van der Waals surface area contributed by atoms with Crippen LogP contribution in [0.2, 0.25) is 0 Å². The number of benzene rings is 1. The number of rotatable bonds is 8. The smallest absolute Gasteiger partial charge is 0.193 e. The highest BCUT2D eigenvalue weighted by atomic mass is 16.5. The summed E-state index contributed by atoms with van der Waals surface area (Å²) in [5, 5.41) is 7.89. The highest BCUT2D eigenvalue weighted by Crippen LogP contribution is 2.18. The molecular weight excluding hydrogens is 350 g/mol. The fourth-order valence-corrected chi connectivity index (χ4v) is 3.49. The summed E-state index contributed by atoms with van der Waals surface area (Å²) in [5.74, 6) is 1.77. The first-order valence-electron chi connectivity index (χ1n) is 10.4. The van der Waals surface area contributed by atoms with E-state index in [1.54, 1.807) is 0 Å². The van der Waals surface area contributed by atoms with Gasteiger partial charge in [-0.1, -0.05) is 18.2 Å². The third kappa shape index (κ3) is 6.09. The molecule has 6 nitrogen and oxygen atoms in total. The molecule has 1 aliphatic rings. The molecule has 1 aromatic heterocycles. The van der Waals surface area contributed by atoms with Crippen molar-refractivity contribution in [3.8, 4) is 5.69 Å². The van der Waals surface area contributed by atoms with Crippen LogP contribution in [0.15, 0.2) is 47.7 Å². The zero-order chi connectivity index (χ0) is 19.6. The van der Waals surface area contributed by atoms with Gasteiger partial charge < -0.3 is 15.0 Å². The lowest BCUT2D eigenvalue weighted by Gasteiger charge is -2.26. The predicted molar refractivity (Wildman–Crippen MR) is 114 cm³/mol. The van der Waals surface area contributed by atoms with Crippen molar-refractivity contribution in [3.05, 3.63) is 48.3 Å². The Morgan fingerprint density at radius 2 is 2.07 bits per heavy atom. The largest absolute Gasteiger partial charge is 0.381 e. The molecule has 0 radical (unpaired) electrons. The van der Waals surface area contributed by atoms with Crippen molar-refractivity contribution in [1.82, 2.24) is 20.0 Å². The summed E-state index contributed by atoms with van der Waals surface area (Å²) < 4.78 is 7.38. The van der Waals surface area contributed by atoms with Crippen LogP contribution in [0.25, 0.3) is 5.69 Å². The summed E-state index contributed by atoms with van der Waals surface area (Å²) in [6, 6.07) is 10.2. The number of aromatic nitrogens is 2. The average molecular weight is 384 g/mol. The Morgan fingerprint density at radius 3 is 2.82 bits per heavy atom. The highest BCUT2D eigenvalue weighted by Gasteiger charge is 2.15. The zero-order valence-corrected chi connectivity index (χ0v) is 17.2. The molecule has 0 atom stereocenters. The molecule has 1 N–H and O–H groups in total. The summed E-state index contributed by atoms with van der Waals surface area (Å²) in [6.45, 7) is 6.61. The first kappa shape index (κ1) is 20.4. The molecule has 28 heavy (non-hydrogen) atoms. The summed E-state index contributed by atoms with van der Waals surface area (Å²) in [7, 11) is 2.13. The molecule has 1 fully saturated rings. The van der Waals surface area contributed by atoms with E-state index in [-0.39, 0.29) is 0 Å². The monoisotopic (exact) mass is 383 g/mol. The van der Waals surface area contributed by atoms with Crippen LogP contribution in [0, 0.1) is 5.92 Å². The first-order chi connectivity index (χ1) is 13.8. The van der Waals surface area contributed by atoms with Crippen molar-refractivity contribution in [2.75, 3.05) is 39.9 Å². The average Bonchev–Trinajstić information content (AvgIpc) is 3.22. The van der Waals surface area contributed by atoms with Gasteiger partial charge in [-0.3, -0.25) is 4.99 Å². The summed E-state index contributed by atoms with van der Waals surface area (Å²) >= 11 is 0. The minimum absolute atomic E-state index is 0.754. The normalized spacial score (nSPS) is 15.6. The predicted octanol–water partition coefficient (Wildman–Crippen LogP) is 3.13. The fourth-order valence-electron chi connectivity index (χ4n) is 3.49. The van der Waals surface area contributed by atoms with Crippen LogP contribution in [-0.4, -0.2) is 60.5 Å². The first-order valence-corrected chi connectivity index (χ1v) is 10.4. The maximum absolute atomic E-state index is 5.46. The van der Waals surface area contributed by atoms with Gasteiger partial charge in [0.25, 0.3) is 0 Å². The van der Waals surface area contributed by atoms with Gasteiger partial charge in [-0.2, -0.15) is 5.10 Å². The number of guanidine groups is 1. The number of aliphatic imine (C=N–C) groups is 1. The molecular formula is C22H33N5O. The van der Waals surface area contributed by atoms with Crippen LogP contribution in [0.3, 0.4) is 0 Å². The van der Waals surface area contributed by atoms with E-state index >= 15 is 0 Å². The molecule has 0 saturated carbocycles. The number of hydrogen-bond acceptors (Lipinski definition) is 3. The van der Waals surface area contributed by atoms with Gasteiger partial charge in [-0.25, -0.2) is 4.68 Å². The molecule has 3 rings (SSSR count). The second-order valence-corrected chi connectivity index (χ2v) is 7.38. The van der Waals surface area contributed by atoms with Crippen LogP contribution in [0.4, 0.5) is 0 Å². The number of hydrogen-bond donors (Lipinski definition) is 1. The number of para-hydroxylation sites is 1. The van der Waals surface area contributed by atoms with Gasteiger partial charge in [0.1, 0.15) is 0 Å². The van der Waals surface area contributed by atoms with Gasteiger partial charge in [0.05, 0.1) is 11.9 Å². The third-order valence-corrected chi connectivity index (χ3v) is 5.23.